The molecule has 3 rings (SSSR count). The molecule has 0 radical (unpaired) electrons. The van der Waals surface area contributed by atoms with Gasteiger partial charge in [-0.15, -0.1) is 0 Å². The number of nitrogens with zero attached hydrogens (tertiary/aromatic N) is 3. The molecule has 0 aliphatic rings. The second-order valence-corrected chi connectivity index (χ2v) is 5.41. The number of nitrogens with one attached hydrogen (secondary N) is 2. The molecule has 1 aromatic carbocycles. The van der Waals surface area contributed by atoms with Gasteiger partial charge in [0.05, 0.1) is 30.7 Å². The standard InChI is InChI=1S/C17H19N5O2/c1-13-10-14(21-20-13)11-17(23)19-15-4-2-3-5-16(15)24-9-8-22-7-6-18-12-22/h2-7,10,12H,8-9,11H2,1H3,(H,19,23)(H,20,21). The number of carbonyl (C=O) groups is 1. The highest BCUT2D eigenvalue weighted by molar-refractivity contribution is 5.93. The van der Waals surface area contributed by atoms with Gasteiger partial charge in [-0.3, -0.25) is 9.89 Å². The molecular weight excluding hydrogens is 306 g/mol. The fourth-order valence-corrected chi connectivity index (χ4v) is 2.30. The zero-order chi connectivity index (χ0) is 16.8. The minimum absolute atomic E-state index is 0.132. The van der Waals surface area contributed by atoms with E-state index < -0.39 is 0 Å². The molecule has 2 heterocycles. The number of amides is 1. The Labute approximate surface area is 139 Å². The normalized spacial score (nSPS) is 10.5. The highest BCUT2D eigenvalue weighted by atomic mass is 16.5. The summed E-state index contributed by atoms with van der Waals surface area (Å²) >= 11 is 0. The van der Waals surface area contributed by atoms with E-state index in [0.717, 1.165) is 5.69 Å². The molecule has 1 amide bonds. The van der Waals surface area contributed by atoms with Crippen LogP contribution in [0.15, 0.2) is 49.1 Å². The van der Waals surface area contributed by atoms with E-state index in [4.69, 9.17) is 4.74 Å². The average Bonchev–Trinajstić information content (AvgIpc) is 3.21. The maximum atomic E-state index is 12.2. The zero-order valence-corrected chi connectivity index (χ0v) is 13.4. The lowest BCUT2D eigenvalue weighted by molar-refractivity contribution is -0.115. The molecule has 0 fully saturated rings. The summed E-state index contributed by atoms with van der Waals surface area (Å²) in [7, 11) is 0. The van der Waals surface area contributed by atoms with E-state index in [-0.39, 0.29) is 12.3 Å². The number of aromatic amines is 1. The molecule has 3 aromatic rings. The van der Waals surface area contributed by atoms with Crippen LogP contribution < -0.4 is 10.1 Å². The Kier molecular flexibility index (Phi) is 4.90. The zero-order valence-electron chi connectivity index (χ0n) is 13.4. The van der Waals surface area contributed by atoms with Crippen molar-refractivity contribution < 1.29 is 9.53 Å². The Balaban J connectivity index is 1.57. The van der Waals surface area contributed by atoms with Crippen molar-refractivity contribution in [1.29, 1.82) is 0 Å². The predicted molar refractivity (Wildman–Crippen MR) is 89.8 cm³/mol. The Morgan fingerprint density at radius 3 is 3.00 bits per heavy atom. The van der Waals surface area contributed by atoms with Crippen LogP contribution in [0, 0.1) is 6.92 Å². The average molecular weight is 325 g/mol. The largest absolute Gasteiger partial charge is 0.490 e. The summed E-state index contributed by atoms with van der Waals surface area (Å²) in [5, 5.41) is 9.78. The van der Waals surface area contributed by atoms with Crippen LogP contribution in [0.2, 0.25) is 0 Å². The lowest BCUT2D eigenvalue weighted by Crippen LogP contribution is -2.16. The van der Waals surface area contributed by atoms with Crippen molar-refractivity contribution >= 4 is 11.6 Å². The molecule has 124 valence electrons. The van der Waals surface area contributed by atoms with Gasteiger partial charge < -0.3 is 14.6 Å². The van der Waals surface area contributed by atoms with Crippen LogP contribution in [-0.2, 0) is 17.8 Å². The van der Waals surface area contributed by atoms with Crippen molar-refractivity contribution in [2.75, 3.05) is 11.9 Å². The lowest BCUT2D eigenvalue weighted by Gasteiger charge is -2.12. The molecule has 2 N–H and O–H groups in total. The molecule has 0 unspecified atom stereocenters. The monoisotopic (exact) mass is 325 g/mol. The van der Waals surface area contributed by atoms with E-state index in [1.165, 1.54) is 0 Å². The smallest absolute Gasteiger partial charge is 0.230 e. The van der Waals surface area contributed by atoms with Gasteiger partial charge in [-0.25, -0.2) is 4.98 Å². The first kappa shape index (κ1) is 15.8. The summed E-state index contributed by atoms with van der Waals surface area (Å²) in [6, 6.07) is 9.24. The van der Waals surface area contributed by atoms with Crippen LogP contribution in [0.3, 0.4) is 0 Å². The molecule has 2 aromatic heterocycles. The number of anilines is 1. The fourth-order valence-electron chi connectivity index (χ4n) is 2.30. The van der Waals surface area contributed by atoms with Gasteiger partial charge in [-0.1, -0.05) is 12.1 Å². The summed E-state index contributed by atoms with van der Waals surface area (Å²) in [6.45, 7) is 3.08. The summed E-state index contributed by atoms with van der Waals surface area (Å²) in [5.74, 6) is 0.510. The van der Waals surface area contributed by atoms with Crippen LogP contribution in [0.1, 0.15) is 11.4 Å². The highest BCUT2D eigenvalue weighted by Gasteiger charge is 2.10. The predicted octanol–water partition coefficient (Wildman–Crippen LogP) is 2.17. The molecule has 0 aliphatic heterocycles. The van der Waals surface area contributed by atoms with Gasteiger partial charge in [0.1, 0.15) is 12.4 Å². The third kappa shape index (κ3) is 4.22. The van der Waals surface area contributed by atoms with Crippen molar-refractivity contribution in [3.63, 3.8) is 0 Å². The van der Waals surface area contributed by atoms with E-state index in [2.05, 4.69) is 20.5 Å². The van der Waals surface area contributed by atoms with Crippen molar-refractivity contribution in [3.05, 3.63) is 60.4 Å². The number of para-hydroxylation sites is 2. The van der Waals surface area contributed by atoms with Crippen molar-refractivity contribution in [1.82, 2.24) is 19.7 Å². The second kappa shape index (κ2) is 7.45. The number of benzene rings is 1. The van der Waals surface area contributed by atoms with Gasteiger partial charge >= 0.3 is 0 Å². The minimum Gasteiger partial charge on any atom is -0.490 e. The molecule has 0 spiro atoms. The maximum Gasteiger partial charge on any atom is 0.230 e. The number of hydrogen-bond donors (Lipinski definition) is 2. The SMILES string of the molecule is Cc1cc(CC(=O)Nc2ccccc2OCCn2ccnc2)n[nH]1. The Morgan fingerprint density at radius 2 is 2.25 bits per heavy atom. The number of H-pyrrole nitrogens is 1. The third-order valence-corrected chi connectivity index (χ3v) is 3.43. The van der Waals surface area contributed by atoms with E-state index in [9.17, 15) is 4.79 Å². The van der Waals surface area contributed by atoms with Crippen molar-refractivity contribution in [2.24, 2.45) is 0 Å². The number of ether oxygens (including phenoxy) is 1. The third-order valence-electron chi connectivity index (χ3n) is 3.43. The van der Waals surface area contributed by atoms with Crippen LogP contribution in [0.25, 0.3) is 0 Å². The molecule has 24 heavy (non-hydrogen) atoms. The van der Waals surface area contributed by atoms with Crippen LogP contribution in [0.5, 0.6) is 5.75 Å². The van der Waals surface area contributed by atoms with Gasteiger partial charge in [0.2, 0.25) is 5.91 Å². The summed E-state index contributed by atoms with van der Waals surface area (Å²) < 4.78 is 7.71. The number of rotatable bonds is 7. The molecule has 0 saturated carbocycles. The second-order valence-electron chi connectivity index (χ2n) is 5.41. The fraction of sp³-hybridized carbons (Fsp3) is 0.235. The van der Waals surface area contributed by atoms with E-state index in [0.29, 0.717) is 30.3 Å². The molecular formula is C17H19N5O2. The minimum atomic E-state index is -0.132. The topological polar surface area (TPSA) is 84.8 Å². The van der Waals surface area contributed by atoms with Gasteiger partial charge in [-0.05, 0) is 25.1 Å². The summed E-state index contributed by atoms with van der Waals surface area (Å²) in [4.78, 5) is 16.2. The maximum absolute atomic E-state index is 12.2. The molecule has 7 nitrogen and oxygen atoms in total. The number of imidazole rings is 1. The van der Waals surface area contributed by atoms with E-state index >= 15 is 0 Å². The summed E-state index contributed by atoms with van der Waals surface area (Å²) in [5.41, 5.74) is 2.30. The summed E-state index contributed by atoms with van der Waals surface area (Å²) in [6.07, 6.45) is 5.56. The molecule has 0 saturated heterocycles. The van der Waals surface area contributed by atoms with Crippen molar-refractivity contribution in [3.8, 4) is 5.75 Å². The van der Waals surface area contributed by atoms with E-state index in [1.54, 1.807) is 12.5 Å². The quantitative estimate of drug-likeness (QED) is 0.697. The van der Waals surface area contributed by atoms with Crippen LogP contribution >= 0.6 is 0 Å². The van der Waals surface area contributed by atoms with E-state index in [1.807, 2.05) is 48.0 Å². The highest BCUT2D eigenvalue weighted by Crippen LogP contribution is 2.23. The van der Waals surface area contributed by atoms with Crippen LogP contribution in [0.4, 0.5) is 5.69 Å². The Morgan fingerprint density at radius 1 is 1.38 bits per heavy atom. The first-order valence-corrected chi connectivity index (χ1v) is 7.69. The molecule has 0 bridgehead atoms. The first-order chi connectivity index (χ1) is 11.7. The Hall–Kier alpha value is -3.09. The Bertz CT molecular complexity index is 795. The van der Waals surface area contributed by atoms with Gasteiger partial charge in [0, 0.05) is 18.1 Å². The molecule has 7 heteroatoms. The molecule has 0 aliphatic carbocycles. The van der Waals surface area contributed by atoms with Gasteiger partial charge in [0.25, 0.3) is 0 Å². The van der Waals surface area contributed by atoms with Crippen LogP contribution in [-0.4, -0.2) is 32.3 Å². The van der Waals surface area contributed by atoms with Crippen molar-refractivity contribution in [2.45, 2.75) is 19.9 Å². The molecule has 0 atom stereocenters. The number of carbonyl (C=O) groups excluding carboxylic acids is 1. The number of hydrogen-bond acceptors (Lipinski definition) is 4. The first-order valence-electron chi connectivity index (χ1n) is 7.69. The number of aromatic nitrogens is 4. The number of aryl methyl sites for hydroxylation is 1. The lowest BCUT2D eigenvalue weighted by atomic mass is 10.2. The van der Waals surface area contributed by atoms with Gasteiger partial charge in [-0.2, -0.15) is 5.10 Å². The van der Waals surface area contributed by atoms with Gasteiger partial charge in [0.15, 0.2) is 0 Å².